The van der Waals surface area contributed by atoms with Crippen molar-refractivity contribution >= 4 is 16.7 Å². The topological polar surface area (TPSA) is 74.9 Å². The van der Waals surface area contributed by atoms with Crippen LogP contribution in [-0.2, 0) is 11.3 Å². The van der Waals surface area contributed by atoms with E-state index in [0.29, 0.717) is 5.39 Å². The second-order valence-corrected chi connectivity index (χ2v) is 4.67. The van der Waals surface area contributed by atoms with Crippen LogP contribution in [0.4, 0.5) is 0 Å². The number of hydrogen-bond donors (Lipinski definition) is 1. The molecule has 2 rings (SSSR count). The van der Waals surface area contributed by atoms with E-state index in [1.807, 2.05) is 24.3 Å². The number of aromatic nitrogens is 1. The fraction of sp³-hybridized carbons (Fsp3) is 0.267. The number of carbonyl (C=O) groups excluding carboxylic acids is 1. The Labute approximate surface area is 116 Å². The van der Waals surface area contributed by atoms with E-state index >= 15 is 0 Å². The van der Waals surface area contributed by atoms with Crippen molar-refractivity contribution in [3.63, 3.8) is 0 Å². The molecule has 0 radical (unpaired) electrons. The van der Waals surface area contributed by atoms with Gasteiger partial charge in [-0.2, -0.15) is 5.26 Å². The zero-order valence-corrected chi connectivity index (χ0v) is 11.2. The highest BCUT2D eigenvalue weighted by atomic mass is 16.2. The second kappa shape index (κ2) is 6.02. The smallest absolute Gasteiger partial charge is 0.258 e. The Morgan fingerprint density at radius 2 is 2.15 bits per heavy atom. The Hall–Kier alpha value is -2.61. The van der Waals surface area contributed by atoms with Crippen molar-refractivity contribution in [3.05, 3.63) is 46.9 Å². The lowest BCUT2D eigenvalue weighted by Crippen LogP contribution is -2.34. The lowest BCUT2D eigenvalue weighted by Gasteiger charge is -2.09. The van der Waals surface area contributed by atoms with Gasteiger partial charge in [-0.05, 0) is 24.4 Å². The van der Waals surface area contributed by atoms with Crippen LogP contribution in [0.2, 0.25) is 0 Å². The van der Waals surface area contributed by atoms with Crippen molar-refractivity contribution < 1.29 is 4.79 Å². The van der Waals surface area contributed by atoms with Gasteiger partial charge in [0.25, 0.3) is 5.56 Å². The number of amides is 1. The molecule has 5 heteroatoms. The van der Waals surface area contributed by atoms with Gasteiger partial charge in [-0.25, -0.2) is 0 Å². The van der Waals surface area contributed by atoms with Crippen molar-refractivity contribution in [2.45, 2.75) is 13.5 Å². The number of pyridine rings is 1. The molecule has 1 amide bonds. The number of nitriles is 1. The summed E-state index contributed by atoms with van der Waals surface area (Å²) in [5.41, 5.74) is -0.188. The van der Waals surface area contributed by atoms with E-state index in [9.17, 15) is 9.59 Å². The number of fused-ring (bicyclic) bond motifs is 1. The van der Waals surface area contributed by atoms with Gasteiger partial charge < -0.3 is 9.88 Å². The number of hydrogen-bond acceptors (Lipinski definition) is 3. The van der Waals surface area contributed by atoms with Gasteiger partial charge >= 0.3 is 0 Å². The maximum atomic E-state index is 12.2. The van der Waals surface area contributed by atoms with Crippen LogP contribution in [-0.4, -0.2) is 17.0 Å². The first-order valence-corrected chi connectivity index (χ1v) is 6.36. The lowest BCUT2D eigenvalue weighted by atomic mass is 10.2. The fourth-order valence-corrected chi connectivity index (χ4v) is 1.88. The summed E-state index contributed by atoms with van der Waals surface area (Å²) < 4.78 is 1.37. The van der Waals surface area contributed by atoms with Gasteiger partial charge in [0.1, 0.15) is 6.54 Å². The molecular weight excluding hydrogens is 254 g/mol. The first-order valence-electron chi connectivity index (χ1n) is 6.36. The Bertz CT molecular complexity index is 728. The molecule has 0 spiro atoms. The zero-order valence-electron chi connectivity index (χ0n) is 11.2. The highest BCUT2D eigenvalue weighted by Crippen LogP contribution is 2.07. The number of benzene rings is 1. The Balaban J connectivity index is 2.14. The van der Waals surface area contributed by atoms with Crippen LogP contribution < -0.4 is 10.9 Å². The molecule has 0 aliphatic heterocycles. The maximum Gasteiger partial charge on any atom is 0.258 e. The van der Waals surface area contributed by atoms with Crippen LogP contribution in [0.1, 0.15) is 6.92 Å². The van der Waals surface area contributed by atoms with Crippen molar-refractivity contribution in [2.75, 3.05) is 6.54 Å². The van der Waals surface area contributed by atoms with Crippen LogP contribution in [0.15, 0.2) is 41.3 Å². The summed E-state index contributed by atoms with van der Waals surface area (Å²) in [4.78, 5) is 23.9. The predicted octanol–water partition coefficient (Wildman–Crippen LogP) is 1.28. The number of nitrogens with one attached hydrogen (secondary N) is 1. The van der Waals surface area contributed by atoms with Gasteiger partial charge in [-0.15, -0.1) is 0 Å². The quantitative estimate of drug-likeness (QED) is 0.908. The van der Waals surface area contributed by atoms with E-state index in [0.717, 1.165) is 5.39 Å². The minimum Gasteiger partial charge on any atom is -0.353 e. The SMILES string of the molecule is CC(C#N)CNC(=O)Cn1ccc2ccccc2c1=O. The summed E-state index contributed by atoms with van der Waals surface area (Å²) in [5.74, 6) is -0.517. The van der Waals surface area contributed by atoms with E-state index < -0.39 is 0 Å². The molecule has 1 heterocycles. The van der Waals surface area contributed by atoms with E-state index in [4.69, 9.17) is 5.26 Å². The van der Waals surface area contributed by atoms with Gasteiger partial charge in [0.15, 0.2) is 0 Å². The first-order chi connectivity index (χ1) is 9.61. The number of rotatable bonds is 4. The van der Waals surface area contributed by atoms with Crippen molar-refractivity contribution in [1.82, 2.24) is 9.88 Å². The van der Waals surface area contributed by atoms with Crippen molar-refractivity contribution in [1.29, 1.82) is 5.26 Å². The molecule has 102 valence electrons. The highest BCUT2D eigenvalue weighted by Gasteiger charge is 2.08. The molecular formula is C15H15N3O2. The Morgan fingerprint density at radius 1 is 1.40 bits per heavy atom. The minimum atomic E-state index is -0.274. The average Bonchev–Trinajstić information content (AvgIpc) is 2.48. The summed E-state index contributed by atoms with van der Waals surface area (Å²) in [6.07, 6.45) is 1.61. The molecule has 2 aromatic rings. The summed E-state index contributed by atoms with van der Waals surface area (Å²) in [5, 5.41) is 12.7. The Morgan fingerprint density at radius 3 is 2.90 bits per heavy atom. The fourth-order valence-electron chi connectivity index (χ4n) is 1.88. The molecule has 1 unspecified atom stereocenters. The first kappa shape index (κ1) is 13.8. The largest absolute Gasteiger partial charge is 0.353 e. The standard InChI is InChI=1S/C15H15N3O2/c1-11(8-16)9-17-14(19)10-18-7-6-12-4-2-3-5-13(12)15(18)20/h2-7,11H,9-10H2,1H3,(H,17,19). The maximum absolute atomic E-state index is 12.2. The third-order valence-corrected chi connectivity index (χ3v) is 3.03. The second-order valence-electron chi connectivity index (χ2n) is 4.67. The third kappa shape index (κ3) is 3.04. The van der Waals surface area contributed by atoms with Gasteiger partial charge in [-0.1, -0.05) is 18.2 Å². The van der Waals surface area contributed by atoms with Gasteiger partial charge in [0.05, 0.1) is 12.0 Å². The summed E-state index contributed by atoms with van der Waals surface area (Å²) >= 11 is 0. The molecule has 20 heavy (non-hydrogen) atoms. The molecule has 0 saturated heterocycles. The molecule has 1 aromatic carbocycles. The summed E-state index contributed by atoms with van der Waals surface area (Å²) in [6, 6.07) is 11.1. The van der Waals surface area contributed by atoms with E-state index in [1.165, 1.54) is 4.57 Å². The van der Waals surface area contributed by atoms with Gasteiger partial charge in [-0.3, -0.25) is 9.59 Å². The predicted molar refractivity (Wildman–Crippen MR) is 76.0 cm³/mol. The van der Waals surface area contributed by atoms with Crippen LogP contribution in [0.3, 0.4) is 0 Å². The normalized spacial score (nSPS) is 11.8. The molecule has 1 N–H and O–H groups in total. The summed E-state index contributed by atoms with van der Waals surface area (Å²) in [6.45, 7) is 1.97. The van der Waals surface area contributed by atoms with Crippen molar-refractivity contribution in [3.8, 4) is 6.07 Å². The third-order valence-electron chi connectivity index (χ3n) is 3.03. The minimum absolute atomic E-state index is 0.0399. The number of nitrogens with zero attached hydrogens (tertiary/aromatic N) is 2. The monoisotopic (exact) mass is 269 g/mol. The van der Waals surface area contributed by atoms with Crippen molar-refractivity contribution in [2.24, 2.45) is 5.92 Å². The van der Waals surface area contributed by atoms with E-state index in [-0.39, 0.29) is 30.5 Å². The molecule has 0 aliphatic carbocycles. The van der Waals surface area contributed by atoms with Crippen LogP contribution in [0.5, 0.6) is 0 Å². The highest BCUT2D eigenvalue weighted by molar-refractivity contribution is 5.82. The molecule has 0 fully saturated rings. The lowest BCUT2D eigenvalue weighted by molar-refractivity contribution is -0.121. The molecule has 1 aromatic heterocycles. The van der Waals surface area contributed by atoms with Crippen LogP contribution in [0, 0.1) is 17.2 Å². The van der Waals surface area contributed by atoms with Crippen LogP contribution in [0.25, 0.3) is 10.8 Å². The van der Waals surface area contributed by atoms with Crippen LogP contribution >= 0.6 is 0 Å². The molecule has 0 bridgehead atoms. The molecule has 0 saturated carbocycles. The zero-order chi connectivity index (χ0) is 14.5. The van der Waals surface area contributed by atoms with Gasteiger partial charge in [0, 0.05) is 18.1 Å². The summed E-state index contributed by atoms with van der Waals surface area (Å²) in [7, 11) is 0. The molecule has 5 nitrogen and oxygen atoms in total. The van der Waals surface area contributed by atoms with E-state index in [1.54, 1.807) is 25.3 Å². The molecule has 1 atom stereocenters. The average molecular weight is 269 g/mol. The van der Waals surface area contributed by atoms with E-state index in [2.05, 4.69) is 5.32 Å². The molecule has 0 aliphatic rings. The van der Waals surface area contributed by atoms with Gasteiger partial charge in [0.2, 0.25) is 5.91 Å². The number of carbonyl (C=O) groups is 1. The Kier molecular flexibility index (Phi) is 4.16.